The summed E-state index contributed by atoms with van der Waals surface area (Å²) in [6, 6.07) is 1.39. The van der Waals surface area contributed by atoms with Crippen LogP contribution >= 0.6 is 0 Å². The highest BCUT2D eigenvalue weighted by Gasteiger charge is 2.20. The van der Waals surface area contributed by atoms with Gasteiger partial charge in [-0.25, -0.2) is 9.37 Å². The van der Waals surface area contributed by atoms with E-state index in [0.717, 1.165) is 6.20 Å². The summed E-state index contributed by atoms with van der Waals surface area (Å²) >= 11 is 0. The zero-order valence-electron chi connectivity index (χ0n) is 8.78. The molecule has 0 N–H and O–H groups in total. The second-order valence-electron chi connectivity index (χ2n) is 2.99. The third-order valence-electron chi connectivity index (χ3n) is 2.09. The molecule has 0 aromatic carbocycles. The lowest BCUT2D eigenvalue weighted by atomic mass is 10.0. The third-order valence-corrected chi connectivity index (χ3v) is 2.09. The molecule has 1 unspecified atom stereocenters. The first-order valence-electron chi connectivity index (χ1n) is 4.37. The molecule has 0 bridgehead atoms. The molecule has 15 heavy (non-hydrogen) atoms. The van der Waals surface area contributed by atoms with Crippen molar-refractivity contribution in [3.63, 3.8) is 0 Å². The van der Waals surface area contributed by atoms with Crippen LogP contribution in [0.2, 0.25) is 0 Å². The number of ether oxygens (including phenoxy) is 2. The Balaban J connectivity index is 3.06. The topological polar surface area (TPSA) is 48.4 Å². The zero-order chi connectivity index (χ0) is 11.4. The molecule has 0 fully saturated rings. The van der Waals surface area contributed by atoms with E-state index >= 15 is 0 Å². The van der Waals surface area contributed by atoms with Crippen molar-refractivity contribution < 1.29 is 18.7 Å². The number of methoxy groups -OCH3 is 2. The molecule has 1 rings (SSSR count). The van der Waals surface area contributed by atoms with E-state index in [2.05, 4.69) is 9.72 Å². The van der Waals surface area contributed by atoms with Gasteiger partial charge in [-0.1, -0.05) is 0 Å². The molecule has 5 heteroatoms. The van der Waals surface area contributed by atoms with Crippen molar-refractivity contribution in [1.29, 1.82) is 0 Å². The van der Waals surface area contributed by atoms with Crippen molar-refractivity contribution in [3.05, 3.63) is 23.6 Å². The maximum Gasteiger partial charge on any atom is 0.312 e. The summed E-state index contributed by atoms with van der Waals surface area (Å²) in [5.41, 5.74) is 0.216. The van der Waals surface area contributed by atoms with Crippen molar-refractivity contribution in [1.82, 2.24) is 4.98 Å². The predicted molar refractivity (Wildman–Crippen MR) is 51.2 cm³/mol. The van der Waals surface area contributed by atoms with Gasteiger partial charge in [0.15, 0.2) is 0 Å². The Morgan fingerprint density at radius 2 is 2.20 bits per heavy atom. The van der Waals surface area contributed by atoms with Crippen molar-refractivity contribution in [2.24, 2.45) is 0 Å². The lowest BCUT2D eigenvalue weighted by Crippen LogP contribution is -2.12. The van der Waals surface area contributed by atoms with E-state index in [1.807, 2.05) is 0 Å². The smallest absolute Gasteiger partial charge is 0.312 e. The number of aromatic nitrogens is 1. The van der Waals surface area contributed by atoms with Crippen molar-refractivity contribution in [2.45, 2.75) is 12.8 Å². The monoisotopic (exact) mass is 213 g/mol. The van der Waals surface area contributed by atoms with E-state index in [-0.39, 0.29) is 11.4 Å². The largest absolute Gasteiger partial charge is 0.481 e. The van der Waals surface area contributed by atoms with Crippen LogP contribution in [0.4, 0.5) is 4.39 Å². The minimum atomic E-state index is -0.674. The normalized spacial score (nSPS) is 12.0. The van der Waals surface area contributed by atoms with Gasteiger partial charge in [0.2, 0.25) is 5.88 Å². The van der Waals surface area contributed by atoms with Crippen LogP contribution < -0.4 is 4.74 Å². The van der Waals surface area contributed by atoms with Gasteiger partial charge in [-0.05, 0) is 6.92 Å². The summed E-state index contributed by atoms with van der Waals surface area (Å²) in [4.78, 5) is 14.9. The maximum absolute atomic E-state index is 13.3. The van der Waals surface area contributed by atoms with Gasteiger partial charge >= 0.3 is 5.97 Å². The highest BCUT2D eigenvalue weighted by molar-refractivity contribution is 5.77. The molecule has 0 radical (unpaired) electrons. The number of hydrogen-bond donors (Lipinski definition) is 0. The average Bonchev–Trinajstić information content (AvgIpc) is 2.27. The first-order valence-corrected chi connectivity index (χ1v) is 4.37. The van der Waals surface area contributed by atoms with Gasteiger partial charge in [0.25, 0.3) is 0 Å². The molecule has 0 saturated heterocycles. The second kappa shape index (κ2) is 4.72. The van der Waals surface area contributed by atoms with Crippen LogP contribution in [0.1, 0.15) is 18.4 Å². The van der Waals surface area contributed by atoms with Gasteiger partial charge in [0.05, 0.1) is 26.3 Å². The Kier molecular flexibility index (Phi) is 3.60. The highest BCUT2D eigenvalue weighted by atomic mass is 19.1. The summed E-state index contributed by atoms with van der Waals surface area (Å²) in [5.74, 6) is -1.45. The number of rotatable bonds is 3. The Bertz CT molecular complexity index is 368. The Hall–Kier alpha value is -1.65. The van der Waals surface area contributed by atoms with Gasteiger partial charge in [-0.15, -0.1) is 0 Å². The summed E-state index contributed by atoms with van der Waals surface area (Å²) in [6.07, 6.45) is 1.02. The summed E-state index contributed by atoms with van der Waals surface area (Å²) < 4.78 is 22.7. The average molecular weight is 213 g/mol. The van der Waals surface area contributed by atoms with Crippen LogP contribution in [0.5, 0.6) is 5.88 Å². The maximum atomic E-state index is 13.3. The number of halogens is 1. The Morgan fingerprint density at radius 1 is 1.53 bits per heavy atom. The Labute approximate surface area is 87.0 Å². The van der Waals surface area contributed by atoms with E-state index in [0.29, 0.717) is 0 Å². The van der Waals surface area contributed by atoms with E-state index in [4.69, 9.17) is 4.74 Å². The fraction of sp³-hybridized carbons (Fsp3) is 0.400. The van der Waals surface area contributed by atoms with Crippen molar-refractivity contribution >= 4 is 5.97 Å². The van der Waals surface area contributed by atoms with Gasteiger partial charge in [-0.2, -0.15) is 0 Å². The van der Waals surface area contributed by atoms with Gasteiger partial charge in [0, 0.05) is 11.6 Å². The van der Waals surface area contributed by atoms with Gasteiger partial charge < -0.3 is 9.47 Å². The lowest BCUT2D eigenvalue weighted by molar-refractivity contribution is -0.142. The number of carbonyl (C=O) groups is 1. The van der Waals surface area contributed by atoms with Crippen LogP contribution in [0.3, 0.4) is 0 Å². The van der Waals surface area contributed by atoms with Crippen molar-refractivity contribution in [2.75, 3.05) is 14.2 Å². The minimum absolute atomic E-state index is 0.216. The van der Waals surface area contributed by atoms with E-state index < -0.39 is 17.7 Å². The number of nitrogens with zero attached hydrogens (tertiary/aromatic N) is 1. The van der Waals surface area contributed by atoms with E-state index in [1.165, 1.54) is 20.3 Å². The molecule has 82 valence electrons. The van der Waals surface area contributed by atoms with Crippen LogP contribution in [-0.4, -0.2) is 25.2 Å². The standard InChI is InChI=1S/C10H12FNO3/c1-6(10(13)15-3)7-4-9(14-2)12-5-8(7)11/h4-6H,1-3H3. The van der Waals surface area contributed by atoms with Crippen LogP contribution in [-0.2, 0) is 9.53 Å². The second-order valence-corrected chi connectivity index (χ2v) is 2.99. The molecule has 1 heterocycles. The van der Waals surface area contributed by atoms with Gasteiger partial charge in [0.1, 0.15) is 5.82 Å². The molecular formula is C10H12FNO3. The summed E-state index contributed by atoms with van der Waals surface area (Å²) in [5, 5.41) is 0. The molecule has 0 aliphatic rings. The van der Waals surface area contributed by atoms with Crippen LogP contribution in [0.25, 0.3) is 0 Å². The Morgan fingerprint density at radius 3 is 2.73 bits per heavy atom. The predicted octanol–water partition coefficient (Wildman–Crippen LogP) is 1.51. The molecule has 0 spiro atoms. The molecule has 1 atom stereocenters. The lowest BCUT2D eigenvalue weighted by Gasteiger charge is -2.10. The van der Waals surface area contributed by atoms with Gasteiger partial charge in [-0.3, -0.25) is 4.79 Å². The SMILES string of the molecule is COC(=O)C(C)c1cc(OC)ncc1F. The molecule has 1 aromatic rings. The number of hydrogen-bond acceptors (Lipinski definition) is 4. The van der Waals surface area contributed by atoms with Crippen LogP contribution in [0, 0.1) is 5.82 Å². The zero-order valence-corrected chi connectivity index (χ0v) is 8.78. The minimum Gasteiger partial charge on any atom is -0.481 e. The fourth-order valence-electron chi connectivity index (χ4n) is 1.18. The quantitative estimate of drug-likeness (QED) is 0.714. The molecule has 0 aliphatic heterocycles. The van der Waals surface area contributed by atoms with Crippen molar-refractivity contribution in [3.8, 4) is 5.88 Å². The number of esters is 1. The van der Waals surface area contributed by atoms with E-state index in [1.54, 1.807) is 6.92 Å². The number of pyridine rings is 1. The summed E-state index contributed by atoms with van der Waals surface area (Å²) in [7, 11) is 2.68. The first kappa shape index (κ1) is 11.4. The first-order chi connectivity index (χ1) is 7.10. The molecular weight excluding hydrogens is 201 g/mol. The molecule has 0 amide bonds. The van der Waals surface area contributed by atoms with Crippen LogP contribution in [0.15, 0.2) is 12.3 Å². The summed E-state index contributed by atoms with van der Waals surface area (Å²) in [6.45, 7) is 1.56. The molecule has 1 aromatic heterocycles. The van der Waals surface area contributed by atoms with E-state index in [9.17, 15) is 9.18 Å². The molecule has 0 saturated carbocycles. The number of carbonyl (C=O) groups excluding carboxylic acids is 1. The molecule has 0 aliphatic carbocycles. The molecule has 4 nitrogen and oxygen atoms in total. The highest BCUT2D eigenvalue weighted by Crippen LogP contribution is 2.22. The fourth-order valence-corrected chi connectivity index (χ4v) is 1.18. The third kappa shape index (κ3) is 2.43.